The van der Waals surface area contributed by atoms with Gasteiger partial charge in [0.25, 0.3) is 5.91 Å². The fraction of sp³-hybridized carbons (Fsp3) is 0.444. The predicted octanol–water partition coefficient (Wildman–Crippen LogP) is 3.44. The second kappa shape index (κ2) is 6.34. The highest BCUT2D eigenvalue weighted by Crippen LogP contribution is 2.27. The van der Waals surface area contributed by atoms with E-state index in [1.54, 1.807) is 0 Å². The molecule has 0 radical (unpaired) electrons. The van der Waals surface area contributed by atoms with Gasteiger partial charge in [-0.1, -0.05) is 36.8 Å². The van der Waals surface area contributed by atoms with E-state index < -0.39 is 0 Å². The fourth-order valence-electron chi connectivity index (χ4n) is 3.35. The van der Waals surface area contributed by atoms with Crippen molar-refractivity contribution < 1.29 is 4.79 Å². The van der Waals surface area contributed by atoms with Gasteiger partial charge in [0.05, 0.1) is 11.3 Å². The standard InChI is InChI=1S/C18H23N3O/c1-13-17(14(2)20-19-13)18(22)21-11-7-6-10-16(12-21)15-8-4-3-5-9-15/h3-5,8-9,16H,6-7,10-12H2,1-2H3,(H,19,20). The van der Waals surface area contributed by atoms with Crippen molar-refractivity contribution in [1.29, 1.82) is 0 Å². The van der Waals surface area contributed by atoms with Gasteiger partial charge in [-0.3, -0.25) is 9.89 Å². The first kappa shape index (κ1) is 14.8. The molecule has 2 aromatic rings. The molecule has 1 saturated heterocycles. The third-order valence-electron chi connectivity index (χ3n) is 4.57. The second-order valence-electron chi connectivity index (χ2n) is 6.16. The number of hydrogen-bond acceptors (Lipinski definition) is 2. The zero-order valence-electron chi connectivity index (χ0n) is 13.3. The molecule has 2 heterocycles. The average Bonchev–Trinajstić information content (AvgIpc) is 2.76. The van der Waals surface area contributed by atoms with Crippen molar-refractivity contribution in [2.75, 3.05) is 13.1 Å². The molecule has 0 aliphatic carbocycles. The number of rotatable bonds is 2. The summed E-state index contributed by atoms with van der Waals surface area (Å²) in [5.41, 5.74) is 3.74. The zero-order valence-corrected chi connectivity index (χ0v) is 13.3. The molecular formula is C18H23N3O. The molecule has 1 aliphatic heterocycles. The van der Waals surface area contributed by atoms with Crippen LogP contribution in [0.1, 0.15) is 52.5 Å². The molecule has 3 rings (SSSR count). The van der Waals surface area contributed by atoms with Crippen molar-refractivity contribution in [3.8, 4) is 0 Å². The van der Waals surface area contributed by atoms with Crippen LogP contribution < -0.4 is 0 Å². The molecule has 1 atom stereocenters. The van der Waals surface area contributed by atoms with Gasteiger partial charge in [0.2, 0.25) is 0 Å². The molecule has 4 heteroatoms. The van der Waals surface area contributed by atoms with Crippen LogP contribution in [0.25, 0.3) is 0 Å². The molecule has 22 heavy (non-hydrogen) atoms. The number of carbonyl (C=O) groups is 1. The van der Waals surface area contributed by atoms with E-state index in [9.17, 15) is 4.79 Å². The number of aryl methyl sites for hydroxylation is 2. The number of amides is 1. The van der Waals surface area contributed by atoms with Gasteiger partial charge < -0.3 is 4.90 Å². The highest BCUT2D eigenvalue weighted by atomic mass is 16.2. The van der Waals surface area contributed by atoms with Crippen LogP contribution in [0.5, 0.6) is 0 Å². The van der Waals surface area contributed by atoms with Gasteiger partial charge in [-0.2, -0.15) is 5.10 Å². The highest BCUT2D eigenvalue weighted by Gasteiger charge is 2.26. The summed E-state index contributed by atoms with van der Waals surface area (Å²) in [6.07, 6.45) is 3.40. The second-order valence-corrected chi connectivity index (χ2v) is 6.16. The van der Waals surface area contributed by atoms with E-state index in [1.165, 1.54) is 12.0 Å². The number of benzene rings is 1. The van der Waals surface area contributed by atoms with E-state index in [1.807, 2.05) is 24.8 Å². The maximum absolute atomic E-state index is 12.9. The van der Waals surface area contributed by atoms with E-state index >= 15 is 0 Å². The molecule has 1 fully saturated rings. The van der Waals surface area contributed by atoms with Crippen molar-refractivity contribution in [2.24, 2.45) is 0 Å². The van der Waals surface area contributed by atoms with Crippen LogP contribution in [0.4, 0.5) is 0 Å². The Kier molecular flexibility index (Phi) is 4.27. The SMILES string of the molecule is Cc1n[nH]c(C)c1C(=O)N1CCCCC(c2ccccc2)C1. The molecule has 116 valence electrons. The Hall–Kier alpha value is -2.10. The molecule has 0 spiro atoms. The van der Waals surface area contributed by atoms with Crippen LogP contribution in [0, 0.1) is 13.8 Å². The van der Waals surface area contributed by atoms with Crippen LogP contribution in [0.15, 0.2) is 30.3 Å². The van der Waals surface area contributed by atoms with Crippen molar-refractivity contribution in [1.82, 2.24) is 15.1 Å². The van der Waals surface area contributed by atoms with Crippen LogP contribution in [-0.4, -0.2) is 34.1 Å². The topological polar surface area (TPSA) is 49.0 Å². The van der Waals surface area contributed by atoms with Gasteiger partial charge in [0.15, 0.2) is 0 Å². The summed E-state index contributed by atoms with van der Waals surface area (Å²) >= 11 is 0. The number of aromatic nitrogens is 2. The Labute approximate surface area is 131 Å². The number of nitrogens with one attached hydrogen (secondary N) is 1. The Morgan fingerprint density at radius 2 is 2.00 bits per heavy atom. The van der Waals surface area contributed by atoms with Crippen LogP contribution in [0.3, 0.4) is 0 Å². The summed E-state index contributed by atoms with van der Waals surface area (Å²) in [6, 6.07) is 10.6. The van der Waals surface area contributed by atoms with Crippen molar-refractivity contribution >= 4 is 5.91 Å². The lowest BCUT2D eigenvalue weighted by molar-refractivity contribution is 0.0753. The van der Waals surface area contributed by atoms with Crippen molar-refractivity contribution in [2.45, 2.75) is 39.0 Å². The molecular weight excluding hydrogens is 274 g/mol. The highest BCUT2D eigenvalue weighted by molar-refractivity contribution is 5.96. The Bertz CT molecular complexity index is 628. The summed E-state index contributed by atoms with van der Waals surface area (Å²) in [7, 11) is 0. The minimum absolute atomic E-state index is 0.117. The first-order valence-electron chi connectivity index (χ1n) is 8.02. The lowest BCUT2D eigenvalue weighted by Crippen LogP contribution is -2.34. The minimum Gasteiger partial charge on any atom is -0.338 e. The van der Waals surface area contributed by atoms with Crippen molar-refractivity contribution in [3.05, 3.63) is 52.8 Å². The van der Waals surface area contributed by atoms with Crippen LogP contribution in [0.2, 0.25) is 0 Å². The summed E-state index contributed by atoms with van der Waals surface area (Å²) in [4.78, 5) is 14.9. The molecule has 1 aliphatic rings. The lowest BCUT2D eigenvalue weighted by Gasteiger charge is -2.25. The smallest absolute Gasteiger partial charge is 0.257 e. The van der Waals surface area contributed by atoms with E-state index in [0.717, 1.165) is 42.9 Å². The average molecular weight is 297 g/mol. The van der Waals surface area contributed by atoms with Crippen LogP contribution in [-0.2, 0) is 0 Å². The van der Waals surface area contributed by atoms with Crippen molar-refractivity contribution in [3.63, 3.8) is 0 Å². The number of aromatic amines is 1. The number of nitrogens with zero attached hydrogens (tertiary/aromatic N) is 2. The van der Waals surface area contributed by atoms with E-state index in [4.69, 9.17) is 0 Å². The monoisotopic (exact) mass is 297 g/mol. The first-order chi connectivity index (χ1) is 10.7. The maximum atomic E-state index is 12.9. The van der Waals surface area contributed by atoms with Gasteiger partial charge >= 0.3 is 0 Å². The molecule has 1 amide bonds. The van der Waals surface area contributed by atoms with Gasteiger partial charge in [0, 0.05) is 24.7 Å². The summed E-state index contributed by atoms with van der Waals surface area (Å²) in [5.74, 6) is 0.548. The number of hydrogen-bond donors (Lipinski definition) is 1. The summed E-state index contributed by atoms with van der Waals surface area (Å²) in [5, 5.41) is 7.08. The normalized spacial score (nSPS) is 19.0. The van der Waals surface area contributed by atoms with E-state index in [2.05, 4.69) is 34.5 Å². The third kappa shape index (κ3) is 2.91. The number of likely N-dealkylation sites (tertiary alicyclic amines) is 1. The quantitative estimate of drug-likeness (QED) is 0.923. The Balaban J connectivity index is 1.83. The van der Waals surface area contributed by atoms with E-state index in [0.29, 0.717) is 5.92 Å². The molecule has 4 nitrogen and oxygen atoms in total. The number of carbonyl (C=O) groups excluding carboxylic acids is 1. The minimum atomic E-state index is 0.117. The summed E-state index contributed by atoms with van der Waals surface area (Å²) < 4.78 is 0. The number of H-pyrrole nitrogens is 1. The molecule has 1 aromatic heterocycles. The zero-order chi connectivity index (χ0) is 15.5. The summed E-state index contributed by atoms with van der Waals surface area (Å²) in [6.45, 7) is 5.45. The van der Waals surface area contributed by atoms with Crippen LogP contribution >= 0.6 is 0 Å². The van der Waals surface area contributed by atoms with Gasteiger partial charge in [-0.15, -0.1) is 0 Å². The van der Waals surface area contributed by atoms with E-state index in [-0.39, 0.29) is 5.91 Å². The molecule has 0 bridgehead atoms. The maximum Gasteiger partial charge on any atom is 0.257 e. The fourth-order valence-corrected chi connectivity index (χ4v) is 3.35. The molecule has 1 unspecified atom stereocenters. The predicted molar refractivity (Wildman–Crippen MR) is 87.0 cm³/mol. The Morgan fingerprint density at radius 3 is 2.68 bits per heavy atom. The largest absolute Gasteiger partial charge is 0.338 e. The first-order valence-corrected chi connectivity index (χ1v) is 8.02. The molecule has 1 N–H and O–H groups in total. The Morgan fingerprint density at radius 1 is 1.23 bits per heavy atom. The molecule has 1 aromatic carbocycles. The lowest BCUT2D eigenvalue weighted by atomic mass is 9.94. The third-order valence-corrected chi connectivity index (χ3v) is 4.57. The van der Waals surface area contributed by atoms with Gasteiger partial charge in [-0.05, 0) is 32.3 Å². The van der Waals surface area contributed by atoms with Gasteiger partial charge in [-0.25, -0.2) is 0 Å². The van der Waals surface area contributed by atoms with Gasteiger partial charge in [0.1, 0.15) is 0 Å². The molecule has 0 saturated carbocycles.